The van der Waals surface area contributed by atoms with Crippen molar-refractivity contribution in [1.29, 1.82) is 0 Å². The van der Waals surface area contributed by atoms with E-state index < -0.39 is 10.0 Å². The molecule has 104 valence electrons. The number of nitrogens with one attached hydrogen (secondary N) is 1. The minimum Gasteiger partial charge on any atom is -0.392 e. The summed E-state index contributed by atoms with van der Waals surface area (Å²) >= 11 is 4.59. The van der Waals surface area contributed by atoms with Crippen molar-refractivity contribution < 1.29 is 13.2 Å². The van der Waals surface area contributed by atoms with Gasteiger partial charge in [-0.15, -0.1) is 0 Å². The number of ether oxygens (including phenoxy) is 1. The van der Waals surface area contributed by atoms with Gasteiger partial charge < -0.3 is 10.5 Å². The minimum absolute atomic E-state index is 0.0216. The summed E-state index contributed by atoms with van der Waals surface area (Å²) in [4.78, 5) is 2.35. The Balaban J connectivity index is 1.79. The van der Waals surface area contributed by atoms with Crippen LogP contribution < -0.4 is 10.5 Å². The number of fused-ring (bicyclic) bond motifs is 1. The van der Waals surface area contributed by atoms with E-state index in [2.05, 4.69) is 21.8 Å². The lowest BCUT2D eigenvalue weighted by atomic mass is 10.2. The summed E-state index contributed by atoms with van der Waals surface area (Å²) in [5, 5.41) is 0. The molecule has 0 aliphatic carbocycles. The number of morpholine rings is 1. The van der Waals surface area contributed by atoms with Gasteiger partial charge in [-0.25, -0.2) is 13.1 Å². The summed E-state index contributed by atoms with van der Waals surface area (Å²) in [7, 11) is -3.42. The van der Waals surface area contributed by atoms with Crippen LogP contribution in [-0.2, 0) is 14.8 Å². The van der Waals surface area contributed by atoms with E-state index in [0.29, 0.717) is 12.6 Å². The molecule has 2 aliphatic heterocycles. The van der Waals surface area contributed by atoms with E-state index in [9.17, 15) is 8.42 Å². The summed E-state index contributed by atoms with van der Waals surface area (Å²) in [6, 6.07) is 0.523. The third kappa shape index (κ3) is 3.86. The van der Waals surface area contributed by atoms with E-state index in [1.807, 2.05) is 0 Å². The zero-order chi connectivity index (χ0) is 13.2. The number of nitrogens with zero attached hydrogens (tertiary/aromatic N) is 1. The van der Waals surface area contributed by atoms with Gasteiger partial charge in [-0.1, -0.05) is 12.2 Å². The van der Waals surface area contributed by atoms with Gasteiger partial charge >= 0.3 is 0 Å². The summed E-state index contributed by atoms with van der Waals surface area (Å²) in [5.74, 6) is -0.304. The van der Waals surface area contributed by atoms with Crippen LogP contribution in [0.4, 0.5) is 0 Å². The molecule has 0 aromatic heterocycles. The van der Waals surface area contributed by atoms with Crippen LogP contribution in [-0.4, -0.2) is 62.4 Å². The second-order valence-electron chi connectivity index (χ2n) is 4.82. The van der Waals surface area contributed by atoms with Crippen molar-refractivity contribution in [1.82, 2.24) is 9.62 Å². The van der Waals surface area contributed by atoms with Crippen LogP contribution in [0.5, 0.6) is 0 Å². The first kappa shape index (κ1) is 14.1. The molecule has 0 saturated carbocycles. The van der Waals surface area contributed by atoms with E-state index in [0.717, 1.165) is 13.1 Å². The maximum Gasteiger partial charge on any atom is 0.218 e. The van der Waals surface area contributed by atoms with Crippen LogP contribution in [0, 0.1) is 0 Å². The Kier molecular flexibility index (Phi) is 4.54. The molecule has 0 aromatic carbocycles. The molecule has 0 aromatic rings. The number of rotatable bonds is 5. The molecule has 0 bridgehead atoms. The van der Waals surface area contributed by atoms with Crippen molar-refractivity contribution in [3.8, 4) is 0 Å². The second kappa shape index (κ2) is 5.79. The first-order valence-electron chi connectivity index (χ1n) is 6.07. The average Bonchev–Trinajstić information content (AvgIpc) is 2.71. The fourth-order valence-electron chi connectivity index (χ4n) is 2.47. The largest absolute Gasteiger partial charge is 0.392 e. The highest BCUT2D eigenvalue weighted by molar-refractivity contribution is 7.92. The lowest BCUT2D eigenvalue weighted by Gasteiger charge is -2.35. The van der Waals surface area contributed by atoms with Crippen molar-refractivity contribution >= 4 is 27.2 Å². The van der Waals surface area contributed by atoms with Crippen LogP contribution in [0.3, 0.4) is 0 Å². The topological polar surface area (TPSA) is 84.7 Å². The molecule has 0 radical (unpaired) electrons. The van der Waals surface area contributed by atoms with Crippen LogP contribution in [0.1, 0.15) is 12.8 Å². The van der Waals surface area contributed by atoms with Crippen molar-refractivity contribution in [3.05, 3.63) is 0 Å². The van der Waals surface area contributed by atoms with Crippen molar-refractivity contribution in [2.75, 3.05) is 32.0 Å². The van der Waals surface area contributed by atoms with Gasteiger partial charge in [0.05, 0.1) is 17.7 Å². The second-order valence-corrected chi connectivity index (χ2v) is 7.15. The SMILES string of the molecule is NC(=S)CS(=O)(=O)NCC1CN2CCCC2CO1. The molecule has 6 nitrogen and oxygen atoms in total. The molecule has 2 heterocycles. The van der Waals surface area contributed by atoms with E-state index >= 15 is 0 Å². The van der Waals surface area contributed by atoms with Crippen molar-refractivity contribution in [2.24, 2.45) is 5.73 Å². The number of hydrogen-bond acceptors (Lipinski definition) is 5. The predicted octanol–water partition coefficient (Wildman–Crippen LogP) is -0.945. The zero-order valence-corrected chi connectivity index (χ0v) is 11.8. The maximum absolute atomic E-state index is 11.6. The molecule has 18 heavy (non-hydrogen) atoms. The van der Waals surface area contributed by atoms with Crippen molar-refractivity contribution in [2.45, 2.75) is 25.0 Å². The number of thiocarbonyl (C=S) groups is 1. The Morgan fingerprint density at radius 2 is 2.33 bits per heavy atom. The third-order valence-corrected chi connectivity index (χ3v) is 4.95. The van der Waals surface area contributed by atoms with Gasteiger partial charge in [-0.05, 0) is 19.4 Å². The molecule has 3 N–H and O–H groups in total. The third-order valence-electron chi connectivity index (χ3n) is 3.32. The van der Waals surface area contributed by atoms with Gasteiger partial charge in [-0.3, -0.25) is 4.90 Å². The molecular weight excluding hydrogens is 274 g/mol. The van der Waals surface area contributed by atoms with Gasteiger partial charge in [0, 0.05) is 19.1 Å². The zero-order valence-electron chi connectivity index (χ0n) is 10.2. The number of nitrogens with two attached hydrogens (primary N) is 1. The van der Waals surface area contributed by atoms with E-state index in [4.69, 9.17) is 10.5 Å². The molecule has 8 heteroatoms. The average molecular weight is 293 g/mol. The lowest BCUT2D eigenvalue weighted by molar-refractivity contribution is -0.0448. The highest BCUT2D eigenvalue weighted by Crippen LogP contribution is 2.22. The molecule has 2 aliphatic rings. The van der Waals surface area contributed by atoms with Gasteiger partial charge in [0.25, 0.3) is 0 Å². The summed E-state index contributed by atoms with van der Waals surface area (Å²) in [6.07, 6.45) is 2.30. The van der Waals surface area contributed by atoms with E-state index in [1.165, 1.54) is 12.8 Å². The molecule has 2 atom stereocenters. The predicted molar refractivity (Wildman–Crippen MR) is 72.9 cm³/mol. The summed E-state index contributed by atoms with van der Waals surface area (Å²) in [5.41, 5.74) is 5.23. The summed E-state index contributed by atoms with van der Waals surface area (Å²) < 4.78 is 31.3. The van der Waals surface area contributed by atoms with E-state index in [1.54, 1.807) is 0 Å². The van der Waals surface area contributed by atoms with Gasteiger partial charge in [-0.2, -0.15) is 0 Å². The minimum atomic E-state index is -3.42. The van der Waals surface area contributed by atoms with Crippen molar-refractivity contribution in [3.63, 3.8) is 0 Å². The van der Waals surface area contributed by atoms with Gasteiger partial charge in [0.2, 0.25) is 10.0 Å². The molecule has 2 unspecified atom stereocenters. The standard InChI is InChI=1S/C10H19N3O3S2/c11-10(17)7-18(14,15)12-4-9-5-13-3-1-2-8(13)6-16-9/h8-9,12H,1-7H2,(H2,11,17). The quantitative estimate of drug-likeness (QED) is 0.636. The van der Waals surface area contributed by atoms with Crippen LogP contribution in [0.2, 0.25) is 0 Å². The fourth-order valence-corrected chi connectivity index (χ4v) is 3.85. The fraction of sp³-hybridized carbons (Fsp3) is 0.900. The number of hydrogen-bond donors (Lipinski definition) is 2. The van der Waals surface area contributed by atoms with E-state index in [-0.39, 0.29) is 23.4 Å². The Labute approximate surface area is 113 Å². The number of sulfonamides is 1. The summed E-state index contributed by atoms with van der Waals surface area (Å²) in [6.45, 7) is 2.86. The monoisotopic (exact) mass is 293 g/mol. The maximum atomic E-state index is 11.6. The highest BCUT2D eigenvalue weighted by atomic mass is 32.2. The van der Waals surface area contributed by atoms with Crippen LogP contribution in [0.15, 0.2) is 0 Å². The molecular formula is C10H19N3O3S2. The Morgan fingerprint density at radius 1 is 1.56 bits per heavy atom. The first-order chi connectivity index (χ1) is 8.46. The Bertz CT molecular complexity index is 413. The first-order valence-corrected chi connectivity index (χ1v) is 8.13. The Morgan fingerprint density at radius 3 is 3.06 bits per heavy atom. The molecule has 2 fully saturated rings. The van der Waals surface area contributed by atoms with Gasteiger partial charge in [0.1, 0.15) is 5.75 Å². The Hall–Kier alpha value is -0.280. The smallest absolute Gasteiger partial charge is 0.218 e. The van der Waals surface area contributed by atoms with Crippen LogP contribution >= 0.6 is 12.2 Å². The molecule has 2 saturated heterocycles. The molecule has 2 rings (SSSR count). The van der Waals surface area contributed by atoms with Crippen LogP contribution in [0.25, 0.3) is 0 Å². The lowest BCUT2D eigenvalue weighted by Crippen LogP contribution is -2.50. The molecule has 0 spiro atoms. The normalized spacial score (nSPS) is 29.1. The van der Waals surface area contributed by atoms with Gasteiger partial charge in [0.15, 0.2) is 0 Å². The molecule has 0 amide bonds. The highest BCUT2D eigenvalue weighted by Gasteiger charge is 2.32.